The molecule has 4 nitrogen and oxygen atoms in total. The van der Waals surface area contributed by atoms with Crippen molar-refractivity contribution in [3.8, 4) is 17.6 Å². The molecule has 0 saturated carbocycles. The van der Waals surface area contributed by atoms with Gasteiger partial charge in [0.15, 0.2) is 0 Å². The molecular formula is C21H26N2O2. The van der Waals surface area contributed by atoms with Crippen molar-refractivity contribution in [1.29, 1.82) is 5.26 Å². The zero-order valence-corrected chi connectivity index (χ0v) is 15.0. The van der Waals surface area contributed by atoms with E-state index in [9.17, 15) is 0 Å². The van der Waals surface area contributed by atoms with Gasteiger partial charge in [0, 0.05) is 19.5 Å². The van der Waals surface area contributed by atoms with Crippen molar-refractivity contribution in [2.24, 2.45) is 0 Å². The number of benzene rings is 2. The number of ether oxygens (including phenoxy) is 2. The van der Waals surface area contributed by atoms with Crippen LogP contribution in [0.3, 0.4) is 0 Å². The van der Waals surface area contributed by atoms with Gasteiger partial charge in [0.25, 0.3) is 0 Å². The van der Waals surface area contributed by atoms with Gasteiger partial charge in [-0.1, -0.05) is 24.3 Å². The van der Waals surface area contributed by atoms with E-state index in [-0.39, 0.29) is 6.10 Å². The van der Waals surface area contributed by atoms with Crippen LogP contribution in [-0.4, -0.2) is 12.7 Å². The van der Waals surface area contributed by atoms with Crippen LogP contribution in [0.1, 0.15) is 37.8 Å². The average Bonchev–Trinajstić information content (AvgIpc) is 2.60. The van der Waals surface area contributed by atoms with Gasteiger partial charge in [-0.15, -0.1) is 0 Å². The summed E-state index contributed by atoms with van der Waals surface area (Å²) in [4.78, 5) is 0. The Hall–Kier alpha value is -2.51. The summed E-state index contributed by atoms with van der Waals surface area (Å²) in [7, 11) is 0. The molecule has 0 aliphatic heterocycles. The summed E-state index contributed by atoms with van der Waals surface area (Å²) in [5.41, 5.74) is 2.40. The minimum atomic E-state index is 0.193. The van der Waals surface area contributed by atoms with Gasteiger partial charge in [-0.3, -0.25) is 0 Å². The number of nitriles is 1. The Kier molecular flexibility index (Phi) is 7.81. The van der Waals surface area contributed by atoms with Crippen LogP contribution in [0, 0.1) is 11.3 Å². The minimum Gasteiger partial charge on any atom is -0.494 e. The monoisotopic (exact) mass is 338 g/mol. The second kappa shape index (κ2) is 10.4. The van der Waals surface area contributed by atoms with Crippen LogP contribution in [0.2, 0.25) is 0 Å². The highest BCUT2D eigenvalue weighted by Crippen LogP contribution is 2.15. The number of hydrogen-bond acceptors (Lipinski definition) is 4. The number of rotatable bonds is 10. The highest BCUT2D eigenvalue weighted by atomic mass is 16.5. The van der Waals surface area contributed by atoms with Crippen molar-refractivity contribution in [3.05, 3.63) is 59.7 Å². The first-order valence-corrected chi connectivity index (χ1v) is 8.72. The van der Waals surface area contributed by atoms with Crippen LogP contribution in [0.5, 0.6) is 11.5 Å². The number of unbranched alkanes of at least 4 members (excludes halogenated alkanes) is 1. The molecule has 0 aromatic heterocycles. The Bertz CT molecular complexity index is 675. The molecule has 4 heteroatoms. The van der Waals surface area contributed by atoms with E-state index < -0.39 is 0 Å². The highest BCUT2D eigenvalue weighted by Gasteiger charge is 2.00. The molecule has 0 heterocycles. The zero-order valence-electron chi connectivity index (χ0n) is 15.0. The van der Waals surface area contributed by atoms with E-state index in [0.717, 1.165) is 31.0 Å². The van der Waals surface area contributed by atoms with E-state index in [2.05, 4.69) is 29.6 Å². The van der Waals surface area contributed by atoms with Crippen LogP contribution >= 0.6 is 0 Å². The molecule has 2 aromatic carbocycles. The maximum absolute atomic E-state index is 8.53. The normalized spacial score (nSPS) is 10.5. The molecule has 0 saturated heterocycles. The maximum atomic E-state index is 8.53. The van der Waals surface area contributed by atoms with Crippen molar-refractivity contribution in [2.75, 3.05) is 6.61 Å². The third-order valence-corrected chi connectivity index (χ3v) is 3.55. The lowest BCUT2D eigenvalue weighted by molar-refractivity contribution is 0.242. The molecule has 0 atom stereocenters. The molecule has 0 bridgehead atoms. The van der Waals surface area contributed by atoms with Gasteiger partial charge in [0.1, 0.15) is 11.5 Å². The van der Waals surface area contributed by atoms with Crippen LogP contribution in [0.4, 0.5) is 0 Å². The van der Waals surface area contributed by atoms with Gasteiger partial charge in [-0.2, -0.15) is 5.26 Å². The predicted molar refractivity (Wildman–Crippen MR) is 99.5 cm³/mol. The highest BCUT2D eigenvalue weighted by molar-refractivity contribution is 5.29. The fourth-order valence-electron chi connectivity index (χ4n) is 2.40. The molecule has 0 spiro atoms. The molecule has 0 aliphatic carbocycles. The fraction of sp³-hybridized carbons (Fsp3) is 0.381. The molecule has 0 fully saturated rings. The van der Waals surface area contributed by atoms with E-state index in [1.54, 1.807) is 0 Å². The van der Waals surface area contributed by atoms with E-state index in [1.807, 2.05) is 44.2 Å². The Morgan fingerprint density at radius 1 is 1.00 bits per heavy atom. The fourth-order valence-corrected chi connectivity index (χ4v) is 2.40. The molecule has 0 amide bonds. The van der Waals surface area contributed by atoms with Gasteiger partial charge < -0.3 is 14.8 Å². The molecule has 132 valence electrons. The first-order chi connectivity index (χ1) is 12.2. The maximum Gasteiger partial charge on any atom is 0.119 e. The van der Waals surface area contributed by atoms with Crippen molar-refractivity contribution in [1.82, 2.24) is 5.32 Å². The first-order valence-electron chi connectivity index (χ1n) is 8.72. The lowest BCUT2D eigenvalue weighted by Crippen LogP contribution is -2.13. The minimum absolute atomic E-state index is 0.193. The first kappa shape index (κ1) is 18.8. The lowest BCUT2D eigenvalue weighted by atomic mass is 10.2. The Balaban J connectivity index is 1.76. The Morgan fingerprint density at radius 3 is 2.48 bits per heavy atom. The van der Waals surface area contributed by atoms with Crippen LogP contribution in [0.15, 0.2) is 48.5 Å². The molecule has 1 N–H and O–H groups in total. The zero-order chi connectivity index (χ0) is 17.9. The van der Waals surface area contributed by atoms with E-state index in [4.69, 9.17) is 14.7 Å². The van der Waals surface area contributed by atoms with Gasteiger partial charge in [0.05, 0.1) is 18.8 Å². The quantitative estimate of drug-likeness (QED) is 0.650. The third-order valence-electron chi connectivity index (χ3n) is 3.55. The molecule has 0 aliphatic rings. The number of nitrogens with zero attached hydrogens (tertiary/aromatic N) is 1. The number of nitrogens with one attached hydrogen (secondary N) is 1. The average molecular weight is 338 g/mol. The van der Waals surface area contributed by atoms with Gasteiger partial charge >= 0.3 is 0 Å². The van der Waals surface area contributed by atoms with Gasteiger partial charge in [-0.05, 0) is 55.7 Å². The summed E-state index contributed by atoms with van der Waals surface area (Å²) in [6.07, 6.45) is 1.48. The van der Waals surface area contributed by atoms with Gasteiger partial charge in [-0.25, -0.2) is 0 Å². The van der Waals surface area contributed by atoms with Crippen LogP contribution in [-0.2, 0) is 13.1 Å². The van der Waals surface area contributed by atoms with Crippen molar-refractivity contribution < 1.29 is 9.47 Å². The van der Waals surface area contributed by atoms with Crippen molar-refractivity contribution >= 4 is 0 Å². The smallest absolute Gasteiger partial charge is 0.119 e. The molecule has 2 aromatic rings. The molecular weight excluding hydrogens is 312 g/mol. The van der Waals surface area contributed by atoms with Crippen molar-refractivity contribution in [2.45, 2.75) is 45.9 Å². The second-order valence-corrected chi connectivity index (χ2v) is 6.17. The van der Waals surface area contributed by atoms with Crippen LogP contribution < -0.4 is 14.8 Å². The SMILES string of the molecule is CC(C)Oc1ccc(CNCc2cccc(OCCCC#N)c2)cc1. The Morgan fingerprint density at radius 2 is 1.76 bits per heavy atom. The van der Waals surface area contributed by atoms with E-state index in [0.29, 0.717) is 13.0 Å². The molecule has 2 rings (SSSR count). The Labute approximate surface area is 150 Å². The summed E-state index contributed by atoms with van der Waals surface area (Å²) in [6, 6.07) is 18.4. The van der Waals surface area contributed by atoms with E-state index in [1.165, 1.54) is 11.1 Å². The summed E-state index contributed by atoms with van der Waals surface area (Å²) in [5.74, 6) is 1.76. The summed E-state index contributed by atoms with van der Waals surface area (Å²) < 4.78 is 11.3. The van der Waals surface area contributed by atoms with Crippen LogP contribution in [0.25, 0.3) is 0 Å². The standard InChI is InChI=1S/C21H26N2O2/c1-17(2)25-20-10-8-18(9-11-20)15-23-16-19-6-5-7-21(14-19)24-13-4-3-12-22/h5-11,14,17,23H,3-4,13,15-16H2,1-2H3. The number of hydrogen-bond donors (Lipinski definition) is 1. The van der Waals surface area contributed by atoms with Crippen molar-refractivity contribution in [3.63, 3.8) is 0 Å². The largest absolute Gasteiger partial charge is 0.494 e. The second-order valence-electron chi connectivity index (χ2n) is 6.17. The summed E-state index contributed by atoms with van der Waals surface area (Å²) in [6.45, 7) is 6.21. The third kappa shape index (κ3) is 7.28. The molecule has 0 radical (unpaired) electrons. The predicted octanol–water partition coefficient (Wildman–Crippen LogP) is 4.45. The van der Waals surface area contributed by atoms with E-state index >= 15 is 0 Å². The topological polar surface area (TPSA) is 54.3 Å². The van der Waals surface area contributed by atoms with Gasteiger partial charge in [0.2, 0.25) is 0 Å². The molecule has 25 heavy (non-hydrogen) atoms. The molecule has 0 unspecified atom stereocenters. The lowest BCUT2D eigenvalue weighted by Gasteiger charge is -2.11. The summed E-state index contributed by atoms with van der Waals surface area (Å²) >= 11 is 0. The summed E-state index contributed by atoms with van der Waals surface area (Å²) in [5, 5.41) is 12.0.